The van der Waals surface area contributed by atoms with E-state index in [1.165, 1.54) is 5.69 Å². The molecule has 0 saturated carbocycles. The van der Waals surface area contributed by atoms with E-state index in [1.807, 2.05) is 19.3 Å². The Morgan fingerprint density at radius 2 is 2.32 bits per heavy atom. The third kappa shape index (κ3) is 3.15. The molecule has 1 aliphatic rings. The first kappa shape index (κ1) is 15.1. The van der Waals surface area contributed by atoms with E-state index in [1.54, 1.807) is 18.3 Å². The molecule has 1 atom stereocenters. The second-order valence-corrected chi connectivity index (χ2v) is 5.92. The second-order valence-electron chi connectivity index (χ2n) is 5.56. The smallest absolute Gasteiger partial charge is 0.238 e. The number of carbonyl (C=O) groups excluding carboxylic acids is 1. The molecule has 0 radical (unpaired) electrons. The van der Waals surface area contributed by atoms with Crippen LogP contribution in [0.2, 0.25) is 5.15 Å². The summed E-state index contributed by atoms with van der Waals surface area (Å²) in [6.45, 7) is 1.30. The summed E-state index contributed by atoms with van der Waals surface area (Å²) in [5, 5.41) is 3.15. The normalized spacial score (nSPS) is 18.5. The number of nitrogens with zero attached hydrogens (tertiary/aromatic N) is 3. The second kappa shape index (κ2) is 6.50. The lowest BCUT2D eigenvalue weighted by Gasteiger charge is -2.24. The number of hydrogen-bond donors (Lipinski definition) is 1. The lowest BCUT2D eigenvalue weighted by atomic mass is 10.1. The predicted octanol–water partition coefficient (Wildman–Crippen LogP) is 2.85. The van der Waals surface area contributed by atoms with Crippen molar-refractivity contribution in [2.75, 3.05) is 18.4 Å². The molecule has 1 fully saturated rings. The maximum Gasteiger partial charge on any atom is 0.238 e. The fraction of sp³-hybridized carbons (Fsp3) is 0.375. The molecule has 3 heterocycles. The number of halogens is 1. The summed E-state index contributed by atoms with van der Waals surface area (Å²) >= 11 is 5.97. The fourth-order valence-electron chi connectivity index (χ4n) is 3.02. The summed E-state index contributed by atoms with van der Waals surface area (Å²) in [5.74, 6) is -0.0593. The van der Waals surface area contributed by atoms with Gasteiger partial charge in [0.05, 0.1) is 18.3 Å². The Bertz CT molecular complexity index is 670. The molecule has 0 bridgehead atoms. The van der Waals surface area contributed by atoms with Crippen LogP contribution in [0.3, 0.4) is 0 Å². The minimum atomic E-state index is -0.0593. The van der Waals surface area contributed by atoms with Gasteiger partial charge in [-0.05, 0) is 43.7 Å². The van der Waals surface area contributed by atoms with Gasteiger partial charge in [0.1, 0.15) is 0 Å². The lowest BCUT2D eigenvalue weighted by Crippen LogP contribution is -2.33. The topological polar surface area (TPSA) is 50.2 Å². The minimum Gasteiger partial charge on any atom is -0.353 e. The molecular formula is C16H19ClN4O. The summed E-state index contributed by atoms with van der Waals surface area (Å²) in [6.07, 6.45) is 5.83. The van der Waals surface area contributed by atoms with Crippen LogP contribution >= 0.6 is 11.6 Å². The molecule has 2 aromatic rings. The monoisotopic (exact) mass is 318 g/mol. The Morgan fingerprint density at radius 1 is 1.45 bits per heavy atom. The zero-order valence-corrected chi connectivity index (χ0v) is 13.3. The van der Waals surface area contributed by atoms with Gasteiger partial charge in [0, 0.05) is 25.1 Å². The van der Waals surface area contributed by atoms with E-state index in [2.05, 4.69) is 25.8 Å². The Morgan fingerprint density at radius 3 is 3.05 bits per heavy atom. The zero-order chi connectivity index (χ0) is 15.5. The van der Waals surface area contributed by atoms with Gasteiger partial charge < -0.3 is 9.88 Å². The van der Waals surface area contributed by atoms with Gasteiger partial charge in [0.15, 0.2) is 5.15 Å². The largest absolute Gasteiger partial charge is 0.353 e. The molecule has 1 saturated heterocycles. The van der Waals surface area contributed by atoms with Crippen molar-refractivity contribution in [3.05, 3.63) is 47.5 Å². The third-order valence-corrected chi connectivity index (χ3v) is 4.37. The third-order valence-electron chi connectivity index (χ3n) is 4.07. The first-order valence-corrected chi connectivity index (χ1v) is 7.78. The fourth-order valence-corrected chi connectivity index (χ4v) is 3.19. The maximum absolute atomic E-state index is 12.3. The number of nitrogens with one attached hydrogen (secondary N) is 1. The number of hydrogen-bond acceptors (Lipinski definition) is 3. The number of aryl methyl sites for hydroxylation is 1. The highest BCUT2D eigenvalue weighted by molar-refractivity contribution is 6.32. The molecule has 0 spiro atoms. The summed E-state index contributed by atoms with van der Waals surface area (Å²) in [5.41, 5.74) is 1.81. The van der Waals surface area contributed by atoms with Crippen LogP contribution in [0.4, 0.5) is 5.69 Å². The van der Waals surface area contributed by atoms with E-state index in [9.17, 15) is 4.79 Å². The van der Waals surface area contributed by atoms with E-state index in [0.717, 1.165) is 19.4 Å². The van der Waals surface area contributed by atoms with Gasteiger partial charge in [-0.25, -0.2) is 4.98 Å². The number of carbonyl (C=O) groups is 1. The van der Waals surface area contributed by atoms with Gasteiger partial charge in [0.25, 0.3) is 0 Å². The predicted molar refractivity (Wildman–Crippen MR) is 86.8 cm³/mol. The highest BCUT2D eigenvalue weighted by Crippen LogP contribution is 2.31. The standard InChI is InChI=1S/C16H19ClN4O/c1-20-9-3-6-13(20)14-7-4-10-21(14)11-15(22)19-12-5-2-8-18-16(12)17/h2-3,5-6,8-9,14H,4,7,10-11H2,1H3,(H,19,22)/t14-/m1/s1. The van der Waals surface area contributed by atoms with Crippen LogP contribution in [-0.2, 0) is 11.8 Å². The van der Waals surface area contributed by atoms with Crippen molar-refractivity contribution in [1.82, 2.24) is 14.5 Å². The molecule has 2 aromatic heterocycles. The molecule has 1 amide bonds. The lowest BCUT2D eigenvalue weighted by molar-refractivity contribution is -0.117. The van der Waals surface area contributed by atoms with Gasteiger partial charge in [-0.1, -0.05) is 11.6 Å². The number of amides is 1. The SMILES string of the molecule is Cn1cccc1[C@H]1CCCN1CC(=O)Nc1cccnc1Cl. The molecule has 5 nitrogen and oxygen atoms in total. The summed E-state index contributed by atoms with van der Waals surface area (Å²) in [6, 6.07) is 7.98. The van der Waals surface area contributed by atoms with Crippen LogP contribution in [0.5, 0.6) is 0 Å². The van der Waals surface area contributed by atoms with E-state index in [-0.39, 0.29) is 5.91 Å². The van der Waals surface area contributed by atoms with Crippen molar-refractivity contribution in [3.63, 3.8) is 0 Å². The van der Waals surface area contributed by atoms with Crippen LogP contribution in [0.1, 0.15) is 24.6 Å². The van der Waals surface area contributed by atoms with Gasteiger partial charge in [0.2, 0.25) is 5.91 Å². The van der Waals surface area contributed by atoms with Crippen molar-refractivity contribution in [1.29, 1.82) is 0 Å². The molecule has 1 N–H and O–H groups in total. The van der Waals surface area contributed by atoms with Crippen molar-refractivity contribution in [2.24, 2.45) is 7.05 Å². The molecular weight excluding hydrogens is 300 g/mol. The van der Waals surface area contributed by atoms with E-state index >= 15 is 0 Å². The van der Waals surface area contributed by atoms with Crippen LogP contribution in [0, 0.1) is 0 Å². The zero-order valence-electron chi connectivity index (χ0n) is 12.5. The Balaban J connectivity index is 1.66. The molecule has 6 heteroatoms. The van der Waals surface area contributed by atoms with Crippen LogP contribution in [0.25, 0.3) is 0 Å². The molecule has 22 heavy (non-hydrogen) atoms. The van der Waals surface area contributed by atoms with E-state index < -0.39 is 0 Å². The molecule has 116 valence electrons. The van der Waals surface area contributed by atoms with E-state index in [4.69, 9.17) is 11.6 Å². The van der Waals surface area contributed by atoms with Gasteiger partial charge in [-0.2, -0.15) is 0 Å². The van der Waals surface area contributed by atoms with Crippen LogP contribution < -0.4 is 5.32 Å². The van der Waals surface area contributed by atoms with Crippen molar-refractivity contribution in [2.45, 2.75) is 18.9 Å². The van der Waals surface area contributed by atoms with Gasteiger partial charge in [-0.3, -0.25) is 9.69 Å². The van der Waals surface area contributed by atoms with E-state index in [0.29, 0.717) is 23.4 Å². The maximum atomic E-state index is 12.3. The average molecular weight is 319 g/mol. The molecule has 0 aromatic carbocycles. The summed E-state index contributed by atoms with van der Waals surface area (Å²) in [4.78, 5) is 18.5. The molecule has 0 aliphatic carbocycles. The highest BCUT2D eigenvalue weighted by Gasteiger charge is 2.29. The highest BCUT2D eigenvalue weighted by atomic mass is 35.5. The Kier molecular flexibility index (Phi) is 4.45. The Labute approximate surface area is 134 Å². The first-order valence-electron chi connectivity index (χ1n) is 7.41. The summed E-state index contributed by atoms with van der Waals surface area (Å²) < 4.78 is 2.12. The number of likely N-dealkylation sites (tertiary alicyclic amines) is 1. The van der Waals surface area contributed by atoms with Gasteiger partial charge >= 0.3 is 0 Å². The van der Waals surface area contributed by atoms with Crippen molar-refractivity contribution in [3.8, 4) is 0 Å². The number of anilines is 1. The van der Waals surface area contributed by atoms with Crippen LogP contribution in [-0.4, -0.2) is 33.4 Å². The number of rotatable bonds is 4. The summed E-state index contributed by atoms with van der Waals surface area (Å²) in [7, 11) is 2.04. The number of pyridine rings is 1. The first-order chi connectivity index (χ1) is 10.6. The minimum absolute atomic E-state index is 0.0593. The average Bonchev–Trinajstić information content (AvgIpc) is 3.10. The number of aromatic nitrogens is 2. The van der Waals surface area contributed by atoms with Crippen molar-refractivity contribution >= 4 is 23.2 Å². The Hall–Kier alpha value is -1.85. The van der Waals surface area contributed by atoms with Crippen LogP contribution in [0.15, 0.2) is 36.7 Å². The molecule has 3 rings (SSSR count). The quantitative estimate of drug-likeness (QED) is 0.882. The van der Waals surface area contributed by atoms with Crippen molar-refractivity contribution < 1.29 is 4.79 Å². The van der Waals surface area contributed by atoms with Gasteiger partial charge in [-0.15, -0.1) is 0 Å². The molecule has 0 unspecified atom stereocenters. The molecule has 1 aliphatic heterocycles.